The first-order valence-corrected chi connectivity index (χ1v) is 12.1. The number of benzene rings is 3. The van der Waals surface area contributed by atoms with Crippen molar-refractivity contribution in [3.63, 3.8) is 0 Å². The minimum Gasteiger partial charge on any atom is -0.507 e. The van der Waals surface area contributed by atoms with Crippen LogP contribution in [0.2, 0.25) is 0 Å². The van der Waals surface area contributed by atoms with Gasteiger partial charge < -0.3 is 24.2 Å². The van der Waals surface area contributed by atoms with Gasteiger partial charge in [0.2, 0.25) is 0 Å². The lowest BCUT2D eigenvalue weighted by molar-refractivity contribution is -0.140. The maximum atomic E-state index is 13.4. The first-order valence-electron chi connectivity index (χ1n) is 12.1. The highest BCUT2D eigenvalue weighted by Crippen LogP contribution is 2.42. The third kappa shape index (κ3) is 5.03. The van der Waals surface area contributed by atoms with Crippen LogP contribution < -0.4 is 14.2 Å². The Morgan fingerprint density at radius 1 is 0.919 bits per heavy atom. The molecule has 37 heavy (non-hydrogen) atoms. The van der Waals surface area contributed by atoms with Crippen LogP contribution in [0.4, 0.5) is 0 Å². The van der Waals surface area contributed by atoms with Gasteiger partial charge in [0, 0.05) is 12.1 Å². The number of rotatable bonds is 8. The average Bonchev–Trinajstić information content (AvgIpc) is 3.15. The average molecular weight is 502 g/mol. The largest absolute Gasteiger partial charge is 0.507 e. The summed E-state index contributed by atoms with van der Waals surface area (Å²) < 4.78 is 16.3. The summed E-state index contributed by atoms with van der Waals surface area (Å²) in [5, 5.41) is 11.5. The molecule has 192 valence electrons. The summed E-state index contributed by atoms with van der Waals surface area (Å²) in [5.74, 6) is 0.363. The van der Waals surface area contributed by atoms with Crippen LogP contribution >= 0.6 is 0 Å². The second kappa shape index (κ2) is 10.8. The molecule has 1 unspecified atom stereocenters. The van der Waals surface area contributed by atoms with Crippen molar-refractivity contribution in [3.05, 3.63) is 94.1 Å². The zero-order chi connectivity index (χ0) is 26.7. The van der Waals surface area contributed by atoms with Crippen LogP contribution in [-0.2, 0) is 16.1 Å². The van der Waals surface area contributed by atoms with Gasteiger partial charge in [0.05, 0.1) is 32.4 Å². The molecule has 1 N–H and O–H groups in total. The fraction of sp³-hybridized carbons (Fsp3) is 0.267. The standard InChI is InChI=1S/C30H31NO6/c1-6-37-23-9-7-8-21(16-23)27-26(28(32)24-14-19(3)25(36-5)15-18(24)2)29(33)30(34)31(27)17-20-10-12-22(35-4)13-11-20/h7-16,27,32H,6,17H2,1-5H3/b28-26+. The van der Waals surface area contributed by atoms with Crippen LogP contribution in [0.1, 0.15) is 40.8 Å². The maximum absolute atomic E-state index is 13.4. The number of Topliss-reactive ketones (excluding diaryl/α,β-unsaturated/α-hetero) is 1. The molecular weight excluding hydrogens is 470 g/mol. The Hall–Kier alpha value is -4.26. The highest BCUT2D eigenvalue weighted by Gasteiger charge is 2.46. The Kier molecular flexibility index (Phi) is 7.53. The van der Waals surface area contributed by atoms with Crippen molar-refractivity contribution < 1.29 is 28.9 Å². The molecule has 1 atom stereocenters. The number of likely N-dealkylation sites (tertiary alicyclic amines) is 1. The van der Waals surface area contributed by atoms with Crippen LogP contribution in [0.5, 0.6) is 17.2 Å². The Morgan fingerprint density at radius 3 is 2.30 bits per heavy atom. The second-order valence-electron chi connectivity index (χ2n) is 8.92. The highest BCUT2D eigenvalue weighted by molar-refractivity contribution is 6.46. The molecule has 1 heterocycles. The predicted molar refractivity (Wildman–Crippen MR) is 141 cm³/mol. The van der Waals surface area contributed by atoms with Crippen molar-refractivity contribution in [1.29, 1.82) is 0 Å². The Labute approximate surface area is 216 Å². The van der Waals surface area contributed by atoms with E-state index in [1.807, 2.05) is 57.2 Å². The van der Waals surface area contributed by atoms with Crippen molar-refractivity contribution in [2.24, 2.45) is 0 Å². The second-order valence-corrected chi connectivity index (χ2v) is 8.92. The Morgan fingerprint density at radius 2 is 1.65 bits per heavy atom. The molecule has 7 nitrogen and oxygen atoms in total. The third-order valence-corrected chi connectivity index (χ3v) is 6.53. The SMILES string of the molecule is CCOc1cccc(C2/C(=C(\O)c3cc(C)c(OC)cc3C)C(=O)C(=O)N2Cc2ccc(OC)cc2)c1. The summed E-state index contributed by atoms with van der Waals surface area (Å²) in [6.07, 6.45) is 0. The molecule has 1 saturated heterocycles. The van der Waals surface area contributed by atoms with Gasteiger partial charge in [0.1, 0.15) is 23.0 Å². The number of aliphatic hydroxyl groups is 1. The number of ether oxygens (including phenoxy) is 3. The Bertz CT molecular complexity index is 1360. The van der Waals surface area contributed by atoms with E-state index >= 15 is 0 Å². The summed E-state index contributed by atoms with van der Waals surface area (Å²) in [6.45, 7) is 6.22. The van der Waals surface area contributed by atoms with Crippen LogP contribution in [0.15, 0.2) is 66.2 Å². The summed E-state index contributed by atoms with van der Waals surface area (Å²) in [5.41, 5.74) is 3.54. The molecule has 3 aromatic rings. The van der Waals surface area contributed by atoms with E-state index < -0.39 is 17.7 Å². The Balaban J connectivity index is 1.88. The first kappa shape index (κ1) is 25.8. The number of hydrogen-bond donors (Lipinski definition) is 1. The van der Waals surface area contributed by atoms with Gasteiger partial charge in [0.25, 0.3) is 11.7 Å². The van der Waals surface area contributed by atoms with Crippen molar-refractivity contribution >= 4 is 17.4 Å². The molecule has 0 aromatic heterocycles. The first-order chi connectivity index (χ1) is 17.8. The topological polar surface area (TPSA) is 85.3 Å². The number of hydrogen-bond acceptors (Lipinski definition) is 6. The number of aryl methyl sites for hydroxylation is 2. The lowest BCUT2D eigenvalue weighted by atomic mass is 9.93. The summed E-state index contributed by atoms with van der Waals surface area (Å²) >= 11 is 0. The van der Waals surface area contributed by atoms with E-state index in [9.17, 15) is 14.7 Å². The third-order valence-electron chi connectivity index (χ3n) is 6.53. The fourth-order valence-corrected chi connectivity index (χ4v) is 4.67. The number of amides is 1. The lowest BCUT2D eigenvalue weighted by Gasteiger charge is -2.26. The predicted octanol–water partition coefficient (Wildman–Crippen LogP) is 5.34. The van der Waals surface area contributed by atoms with Crippen LogP contribution in [0.3, 0.4) is 0 Å². The number of nitrogens with zero attached hydrogens (tertiary/aromatic N) is 1. The zero-order valence-corrected chi connectivity index (χ0v) is 21.7. The van der Waals surface area contributed by atoms with Gasteiger partial charge >= 0.3 is 0 Å². The molecule has 4 rings (SSSR count). The van der Waals surface area contributed by atoms with Gasteiger partial charge in [-0.15, -0.1) is 0 Å². The summed E-state index contributed by atoms with van der Waals surface area (Å²) in [4.78, 5) is 28.3. The van der Waals surface area contributed by atoms with Gasteiger partial charge in [-0.1, -0.05) is 24.3 Å². The van der Waals surface area contributed by atoms with Gasteiger partial charge in [-0.2, -0.15) is 0 Å². The maximum Gasteiger partial charge on any atom is 0.295 e. The van der Waals surface area contributed by atoms with E-state index in [0.29, 0.717) is 35.0 Å². The molecule has 0 spiro atoms. The quantitative estimate of drug-likeness (QED) is 0.255. The van der Waals surface area contributed by atoms with E-state index in [1.165, 1.54) is 4.90 Å². The molecular formula is C30H31NO6. The van der Waals surface area contributed by atoms with Gasteiger partial charge in [-0.05, 0) is 79.4 Å². The molecule has 1 aliphatic rings. The van der Waals surface area contributed by atoms with Crippen molar-refractivity contribution in [2.75, 3.05) is 20.8 Å². The highest BCUT2D eigenvalue weighted by atomic mass is 16.5. The molecule has 0 saturated carbocycles. The number of ketones is 1. The van der Waals surface area contributed by atoms with E-state index in [2.05, 4.69) is 0 Å². The van der Waals surface area contributed by atoms with E-state index in [0.717, 1.165) is 16.7 Å². The van der Waals surface area contributed by atoms with Crippen molar-refractivity contribution in [3.8, 4) is 17.2 Å². The van der Waals surface area contributed by atoms with Crippen molar-refractivity contribution in [1.82, 2.24) is 4.90 Å². The van der Waals surface area contributed by atoms with Gasteiger partial charge in [0.15, 0.2) is 0 Å². The molecule has 1 amide bonds. The van der Waals surface area contributed by atoms with E-state index in [1.54, 1.807) is 38.5 Å². The normalized spacial score (nSPS) is 16.7. The smallest absolute Gasteiger partial charge is 0.295 e. The van der Waals surface area contributed by atoms with Crippen LogP contribution in [0, 0.1) is 13.8 Å². The molecule has 0 radical (unpaired) electrons. The summed E-state index contributed by atoms with van der Waals surface area (Å²) in [6, 6.07) is 17.4. The minimum absolute atomic E-state index is 0.0415. The molecule has 0 bridgehead atoms. The van der Waals surface area contributed by atoms with Crippen LogP contribution in [-0.4, -0.2) is 42.5 Å². The molecule has 1 aliphatic heterocycles. The molecule has 0 aliphatic carbocycles. The monoisotopic (exact) mass is 501 g/mol. The number of carbonyl (C=O) groups excluding carboxylic acids is 2. The number of carbonyl (C=O) groups is 2. The number of aliphatic hydroxyl groups excluding tert-OH is 1. The fourth-order valence-electron chi connectivity index (χ4n) is 4.67. The molecule has 7 heteroatoms. The van der Waals surface area contributed by atoms with Gasteiger partial charge in [-0.25, -0.2) is 0 Å². The minimum atomic E-state index is -0.802. The van der Waals surface area contributed by atoms with E-state index in [4.69, 9.17) is 14.2 Å². The molecule has 1 fully saturated rings. The van der Waals surface area contributed by atoms with Crippen LogP contribution in [0.25, 0.3) is 5.76 Å². The summed E-state index contributed by atoms with van der Waals surface area (Å²) in [7, 11) is 3.17. The van der Waals surface area contributed by atoms with E-state index in [-0.39, 0.29) is 17.9 Å². The lowest BCUT2D eigenvalue weighted by Crippen LogP contribution is -2.29. The number of methoxy groups -OCH3 is 2. The van der Waals surface area contributed by atoms with Crippen molar-refractivity contribution in [2.45, 2.75) is 33.4 Å². The van der Waals surface area contributed by atoms with Gasteiger partial charge in [-0.3, -0.25) is 9.59 Å². The molecule has 3 aromatic carbocycles. The zero-order valence-electron chi connectivity index (χ0n) is 21.7.